The fraction of sp³-hybridized carbons (Fsp3) is 0.250. The largest absolute Gasteiger partial charge is 0.404 e. The second kappa shape index (κ2) is 4.35. The van der Waals surface area contributed by atoms with Crippen LogP contribution in [0.2, 0.25) is 0 Å². The van der Waals surface area contributed by atoms with Gasteiger partial charge in [0.05, 0.1) is 0 Å². The molecule has 1 aliphatic rings. The molecule has 1 heterocycles. The number of benzene rings is 1. The molecule has 3 nitrogen and oxygen atoms in total. The van der Waals surface area contributed by atoms with Crippen molar-refractivity contribution >= 4 is 17.5 Å². The number of hydrogen-bond donors (Lipinski definition) is 2. The molecule has 0 amide bonds. The molecule has 0 bridgehead atoms. The van der Waals surface area contributed by atoms with Crippen molar-refractivity contribution in [1.29, 1.82) is 0 Å². The minimum atomic E-state index is -0.195. The van der Waals surface area contributed by atoms with Crippen LogP contribution in [0, 0.1) is 5.82 Å². The Labute approximate surface area is 93.9 Å². The van der Waals surface area contributed by atoms with Crippen molar-refractivity contribution in [2.24, 2.45) is 10.7 Å². The SMILES string of the molecule is CN=CC(=CN)c1ccc2c(c1F)CCN2. The molecule has 1 aromatic carbocycles. The number of aliphatic imine (C=N–C) groups is 1. The van der Waals surface area contributed by atoms with E-state index in [4.69, 9.17) is 5.73 Å². The van der Waals surface area contributed by atoms with Crippen LogP contribution in [0.25, 0.3) is 5.57 Å². The Morgan fingerprint density at radius 2 is 2.38 bits per heavy atom. The normalized spacial score (nSPS) is 15.2. The van der Waals surface area contributed by atoms with E-state index < -0.39 is 0 Å². The van der Waals surface area contributed by atoms with Gasteiger partial charge < -0.3 is 11.1 Å². The fourth-order valence-corrected chi connectivity index (χ4v) is 1.92. The molecule has 1 aliphatic heterocycles. The minimum Gasteiger partial charge on any atom is -0.404 e. The summed E-state index contributed by atoms with van der Waals surface area (Å²) in [5.41, 5.74) is 8.20. The molecule has 16 heavy (non-hydrogen) atoms. The highest BCUT2D eigenvalue weighted by molar-refractivity contribution is 6.09. The number of fused-ring (bicyclic) bond motifs is 1. The third-order valence-electron chi connectivity index (χ3n) is 2.69. The van der Waals surface area contributed by atoms with Crippen molar-refractivity contribution in [2.45, 2.75) is 6.42 Å². The van der Waals surface area contributed by atoms with Gasteiger partial charge in [-0.25, -0.2) is 4.39 Å². The van der Waals surface area contributed by atoms with Crippen molar-refractivity contribution in [3.8, 4) is 0 Å². The van der Waals surface area contributed by atoms with Gasteiger partial charge in [-0.15, -0.1) is 0 Å². The van der Waals surface area contributed by atoms with Gasteiger partial charge >= 0.3 is 0 Å². The molecular weight excluding hydrogens is 205 g/mol. The van der Waals surface area contributed by atoms with Gasteiger partial charge in [0.25, 0.3) is 0 Å². The van der Waals surface area contributed by atoms with E-state index in [-0.39, 0.29) is 5.82 Å². The van der Waals surface area contributed by atoms with Gasteiger partial charge in [0.15, 0.2) is 0 Å². The fourth-order valence-electron chi connectivity index (χ4n) is 1.92. The summed E-state index contributed by atoms with van der Waals surface area (Å²) in [6.07, 6.45) is 3.66. The van der Waals surface area contributed by atoms with Gasteiger partial charge in [0.2, 0.25) is 0 Å². The Kier molecular flexibility index (Phi) is 2.90. The van der Waals surface area contributed by atoms with Crippen LogP contribution in [-0.4, -0.2) is 19.8 Å². The van der Waals surface area contributed by atoms with E-state index in [9.17, 15) is 4.39 Å². The molecule has 0 aliphatic carbocycles. The Balaban J connectivity index is 2.51. The third-order valence-corrected chi connectivity index (χ3v) is 2.69. The highest BCUT2D eigenvalue weighted by Crippen LogP contribution is 2.29. The number of hydrogen-bond acceptors (Lipinski definition) is 3. The van der Waals surface area contributed by atoms with Gasteiger partial charge in [-0.1, -0.05) is 0 Å². The van der Waals surface area contributed by atoms with Crippen LogP contribution in [-0.2, 0) is 6.42 Å². The van der Waals surface area contributed by atoms with E-state index in [0.29, 0.717) is 11.1 Å². The Hall–Kier alpha value is -1.84. The number of nitrogens with zero attached hydrogens (tertiary/aromatic N) is 1. The lowest BCUT2D eigenvalue weighted by Crippen LogP contribution is -1.98. The van der Waals surface area contributed by atoms with Crippen LogP contribution in [0.4, 0.5) is 10.1 Å². The van der Waals surface area contributed by atoms with Crippen molar-refractivity contribution < 1.29 is 4.39 Å². The van der Waals surface area contributed by atoms with E-state index in [2.05, 4.69) is 10.3 Å². The minimum absolute atomic E-state index is 0.195. The maximum absolute atomic E-state index is 14.1. The average molecular weight is 219 g/mol. The first kappa shape index (κ1) is 10.7. The molecule has 0 spiro atoms. The molecule has 84 valence electrons. The number of anilines is 1. The van der Waals surface area contributed by atoms with Crippen LogP contribution in [0.3, 0.4) is 0 Å². The van der Waals surface area contributed by atoms with Gasteiger partial charge in [-0.05, 0) is 18.6 Å². The summed E-state index contributed by atoms with van der Waals surface area (Å²) in [7, 11) is 1.64. The summed E-state index contributed by atoms with van der Waals surface area (Å²) in [6, 6.07) is 3.61. The van der Waals surface area contributed by atoms with E-state index in [1.165, 1.54) is 6.20 Å². The molecule has 2 rings (SSSR count). The molecule has 1 aromatic rings. The zero-order valence-electron chi connectivity index (χ0n) is 9.13. The number of halogens is 1. The summed E-state index contributed by atoms with van der Waals surface area (Å²) < 4.78 is 14.1. The first-order valence-corrected chi connectivity index (χ1v) is 5.17. The van der Waals surface area contributed by atoms with E-state index in [0.717, 1.165) is 24.2 Å². The second-order valence-corrected chi connectivity index (χ2v) is 3.64. The zero-order valence-corrected chi connectivity index (χ0v) is 9.13. The van der Waals surface area contributed by atoms with Crippen LogP contribution in [0.1, 0.15) is 11.1 Å². The molecule has 0 fully saturated rings. The van der Waals surface area contributed by atoms with Crippen LogP contribution >= 0.6 is 0 Å². The summed E-state index contributed by atoms with van der Waals surface area (Å²) in [6.45, 7) is 0.791. The lowest BCUT2D eigenvalue weighted by atomic mass is 10.0. The third kappa shape index (κ3) is 1.66. The lowest BCUT2D eigenvalue weighted by molar-refractivity contribution is 0.612. The molecule has 0 atom stereocenters. The first-order chi connectivity index (χ1) is 7.77. The number of nitrogens with two attached hydrogens (primary N) is 1. The predicted molar refractivity (Wildman–Crippen MR) is 65.2 cm³/mol. The topological polar surface area (TPSA) is 50.4 Å². The van der Waals surface area contributed by atoms with Gasteiger partial charge in [0, 0.05) is 48.4 Å². The highest BCUT2D eigenvalue weighted by atomic mass is 19.1. The smallest absolute Gasteiger partial charge is 0.136 e. The molecule has 0 saturated carbocycles. The maximum atomic E-state index is 14.1. The number of nitrogens with one attached hydrogen (secondary N) is 1. The van der Waals surface area contributed by atoms with Crippen LogP contribution < -0.4 is 11.1 Å². The summed E-state index contributed by atoms with van der Waals surface area (Å²) in [5.74, 6) is -0.195. The summed E-state index contributed by atoms with van der Waals surface area (Å²) >= 11 is 0. The highest BCUT2D eigenvalue weighted by Gasteiger charge is 2.18. The molecular formula is C12H14FN3. The van der Waals surface area contributed by atoms with E-state index >= 15 is 0 Å². The molecule has 0 radical (unpaired) electrons. The summed E-state index contributed by atoms with van der Waals surface area (Å²) in [5, 5.41) is 3.13. The Bertz CT molecular complexity index is 464. The monoisotopic (exact) mass is 219 g/mol. The Morgan fingerprint density at radius 3 is 3.06 bits per heavy atom. The first-order valence-electron chi connectivity index (χ1n) is 5.17. The van der Waals surface area contributed by atoms with Crippen molar-refractivity contribution in [3.63, 3.8) is 0 Å². The molecule has 0 saturated heterocycles. The lowest BCUT2D eigenvalue weighted by Gasteiger charge is -2.07. The van der Waals surface area contributed by atoms with Crippen LogP contribution in [0.15, 0.2) is 23.3 Å². The predicted octanol–water partition coefficient (Wildman–Crippen LogP) is 1.79. The van der Waals surface area contributed by atoms with Crippen molar-refractivity contribution in [2.75, 3.05) is 18.9 Å². The number of rotatable bonds is 2. The van der Waals surface area contributed by atoms with Crippen molar-refractivity contribution in [3.05, 3.63) is 35.3 Å². The molecule has 0 aromatic heterocycles. The second-order valence-electron chi connectivity index (χ2n) is 3.64. The summed E-state index contributed by atoms with van der Waals surface area (Å²) in [4.78, 5) is 3.86. The van der Waals surface area contributed by atoms with Crippen LogP contribution in [0.5, 0.6) is 0 Å². The maximum Gasteiger partial charge on any atom is 0.136 e. The van der Waals surface area contributed by atoms with E-state index in [1.807, 2.05) is 6.07 Å². The number of allylic oxidation sites excluding steroid dienone is 1. The average Bonchev–Trinajstić information content (AvgIpc) is 2.76. The van der Waals surface area contributed by atoms with Gasteiger partial charge in [-0.2, -0.15) is 0 Å². The molecule has 3 N–H and O–H groups in total. The van der Waals surface area contributed by atoms with Crippen molar-refractivity contribution in [1.82, 2.24) is 0 Å². The van der Waals surface area contributed by atoms with Gasteiger partial charge in [-0.3, -0.25) is 4.99 Å². The zero-order chi connectivity index (χ0) is 11.5. The standard InChI is InChI=1S/C12H14FN3/c1-15-7-8(6-14)9-2-3-11-10(12(9)13)4-5-16-11/h2-3,6-7,16H,4-5,14H2,1H3. The van der Waals surface area contributed by atoms with E-state index in [1.54, 1.807) is 19.3 Å². The molecule has 4 heteroatoms. The van der Waals surface area contributed by atoms with Gasteiger partial charge in [0.1, 0.15) is 5.82 Å². The quantitative estimate of drug-likeness (QED) is 0.745. The molecule has 0 unspecified atom stereocenters. The Morgan fingerprint density at radius 1 is 1.56 bits per heavy atom.